The van der Waals surface area contributed by atoms with Crippen molar-refractivity contribution in [1.29, 1.82) is 0 Å². The second-order valence-electron chi connectivity index (χ2n) is 3.35. The Balaban J connectivity index is 2.60. The molecule has 0 atom stereocenters. The molecule has 0 aliphatic carbocycles. The van der Waals surface area contributed by atoms with Crippen LogP contribution >= 0.6 is 0 Å². The standard InChI is InChI=1S/C12H14N2/c1-3-9-4-5-10-8-14-12(13-2)7-11(10)6-9/h4-8H,3H2,1-2H3,(H,13,14). The van der Waals surface area contributed by atoms with E-state index < -0.39 is 0 Å². The van der Waals surface area contributed by atoms with Crippen LogP contribution in [0.3, 0.4) is 0 Å². The third-order valence-corrected chi connectivity index (χ3v) is 2.45. The third-order valence-electron chi connectivity index (χ3n) is 2.45. The molecule has 0 saturated carbocycles. The lowest BCUT2D eigenvalue weighted by atomic mass is 10.1. The lowest BCUT2D eigenvalue weighted by Gasteiger charge is -2.03. The number of nitrogens with one attached hydrogen (secondary N) is 1. The summed E-state index contributed by atoms with van der Waals surface area (Å²) in [6, 6.07) is 8.58. The monoisotopic (exact) mass is 186 g/mol. The summed E-state index contributed by atoms with van der Waals surface area (Å²) in [6.07, 6.45) is 2.98. The highest BCUT2D eigenvalue weighted by Gasteiger charge is 1.97. The van der Waals surface area contributed by atoms with Crippen molar-refractivity contribution in [2.45, 2.75) is 13.3 Å². The molecule has 1 N–H and O–H groups in total. The highest BCUT2D eigenvalue weighted by Crippen LogP contribution is 2.18. The molecule has 0 fully saturated rings. The van der Waals surface area contributed by atoms with Gasteiger partial charge in [0, 0.05) is 18.6 Å². The van der Waals surface area contributed by atoms with E-state index in [4.69, 9.17) is 0 Å². The van der Waals surface area contributed by atoms with Crippen LogP contribution in [0.5, 0.6) is 0 Å². The van der Waals surface area contributed by atoms with Gasteiger partial charge in [0.05, 0.1) is 0 Å². The Labute approximate surface area is 84.0 Å². The van der Waals surface area contributed by atoms with E-state index in [1.165, 1.54) is 16.3 Å². The largest absolute Gasteiger partial charge is 0.373 e. The number of anilines is 1. The van der Waals surface area contributed by atoms with Gasteiger partial charge in [-0.25, -0.2) is 4.98 Å². The topological polar surface area (TPSA) is 24.9 Å². The fourth-order valence-electron chi connectivity index (χ4n) is 1.55. The van der Waals surface area contributed by atoms with Crippen molar-refractivity contribution >= 4 is 16.6 Å². The highest BCUT2D eigenvalue weighted by atomic mass is 14.9. The zero-order valence-corrected chi connectivity index (χ0v) is 8.54. The maximum atomic E-state index is 4.27. The summed E-state index contributed by atoms with van der Waals surface area (Å²) in [4.78, 5) is 4.27. The highest BCUT2D eigenvalue weighted by molar-refractivity contribution is 5.84. The minimum absolute atomic E-state index is 0.922. The van der Waals surface area contributed by atoms with E-state index in [0.717, 1.165) is 12.2 Å². The molecule has 2 aromatic rings. The van der Waals surface area contributed by atoms with Gasteiger partial charge in [-0.2, -0.15) is 0 Å². The van der Waals surface area contributed by atoms with Gasteiger partial charge in [-0.15, -0.1) is 0 Å². The zero-order chi connectivity index (χ0) is 9.97. The second-order valence-corrected chi connectivity index (χ2v) is 3.35. The quantitative estimate of drug-likeness (QED) is 0.780. The Morgan fingerprint density at radius 2 is 2.07 bits per heavy atom. The first kappa shape index (κ1) is 9.00. The molecule has 2 rings (SSSR count). The SMILES string of the molecule is CCc1ccc2cnc(NC)cc2c1. The van der Waals surface area contributed by atoms with Crippen LogP contribution in [0, 0.1) is 0 Å². The molecule has 2 heteroatoms. The average molecular weight is 186 g/mol. The van der Waals surface area contributed by atoms with Crippen LogP contribution in [-0.4, -0.2) is 12.0 Å². The van der Waals surface area contributed by atoms with Gasteiger partial charge in [0.25, 0.3) is 0 Å². The number of pyridine rings is 1. The minimum Gasteiger partial charge on any atom is -0.373 e. The first-order valence-corrected chi connectivity index (χ1v) is 4.90. The number of hydrogen-bond acceptors (Lipinski definition) is 2. The van der Waals surface area contributed by atoms with Crippen LogP contribution in [0.1, 0.15) is 12.5 Å². The van der Waals surface area contributed by atoms with Gasteiger partial charge in [0.15, 0.2) is 0 Å². The maximum absolute atomic E-state index is 4.27. The Kier molecular flexibility index (Phi) is 2.35. The van der Waals surface area contributed by atoms with Crippen LogP contribution in [0.4, 0.5) is 5.82 Å². The van der Waals surface area contributed by atoms with Crippen LogP contribution in [-0.2, 0) is 6.42 Å². The van der Waals surface area contributed by atoms with E-state index in [1.807, 2.05) is 13.2 Å². The van der Waals surface area contributed by atoms with Crippen molar-refractivity contribution in [2.24, 2.45) is 0 Å². The van der Waals surface area contributed by atoms with E-state index in [-0.39, 0.29) is 0 Å². The third kappa shape index (κ3) is 1.55. The minimum atomic E-state index is 0.922. The van der Waals surface area contributed by atoms with Crippen LogP contribution in [0.2, 0.25) is 0 Å². The molecule has 0 aliphatic heterocycles. The van der Waals surface area contributed by atoms with Crippen molar-refractivity contribution in [2.75, 3.05) is 12.4 Å². The molecule has 0 spiro atoms. The molecule has 0 amide bonds. The van der Waals surface area contributed by atoms with E-state index >= 15 is 0 Å². The predicted octanol–water partition coefficient (Wildman–Crippen LogP) is 2.84. The maximum Gasteiger partial charge on any atom is 0.126 e. The number of aryl methyl sites for hydroxylation is 1. The van der Waals surface area contributed by atoms with Crippen molar-refractivity contribution in [1.82, 2.24) is 4.98 Å². The normalized spacial score (nSPS) is 10.4. The molecule has 1 aromatic carbocycles. The Morgan fingerprint density at radius 3 is 2.79 bits per heavy atom. The molecular weight excluding hydrogens is 172 g/mol. The van der Waals surface area contributed by atoms with Crippen molar-refractivity contribution in [3.63, 3.8) is 0 Å². The smallest absolute Gasteiger partial charge is 0.126 e. The molecule has 0 unspecified atom stereocenters. The summed E-state index contributed by atoms with van der Waals surface area (Å²) < 4.78 is 0. The average Bonchev–Trinajstić information content (AvgIpc) is 2.27. The van der Waals surface area contributed by atoms with Gasteiger partial charge in [-0.05, 0) is 23.4 Å². The first-order chi connectivity index (χ1) is 6.83. The van der Waals surface area contributed by atoms with Crippen LogP contribution in [0.25, 0.3) is 10.8 Å². The Morgan fingerprint density at radius 1 is 1.21 bits per heavy atom. The van der Waals surface area contributed by atoms with Crippen molar-refractivity contribution in [3.05, 3.63) is 36.0 Å². The van der Waals surface area contributed by atoms with E-state index in [0.29, 0.717) is 0 Å². The number of hydrogen-bond donors (Lipinski definition) is 1. The summed E-state index contributed by atoms with van der Waals surface area (Å²) in [5.74, 6) is 0.922. The van der Waals surface area contributed by atoms with Gasteiger partial charge in [-0.3, -0.25) is 0 Å². The number of nitrogens with zero attached hydrogens (tertiary/aromatic N) is 1. The Hall–Kier alpha value is -1.57. The van der Waals surface area contributed by atoms with Crippen molar-refractivity contribution in [3.8, 4) is 0 Å². The summed E-state index contributed by atoms with van der Waals surface area (Å²) >= 11 is 0. The summed E-state index contributed by atoms with van der Waals surface area (Å²) in [7, 11) is 1.89. The number of aromatic nitrogens is 1. The molecule has 0 radical (unpaired) electrons. The Bertz CT molecular complexity index is 410. The lowest BCUT2D eigenvalue weighted by Crippen LogP contribution is -1.91. The molecule has 1 heterocycles. The van der Waals surface area contributed by atoms with E-state index in [2.05, 4.69) is 41.5 Å². The molecule has 0 bridgehead atoms. The predicted molar refractivity (Wildman–Crippen MR) is 60.7 cm³/mol. The molecule has 0 aliphatic rings. The number of benzene rings is 1. The van der Waals surface area contributed by atoms with Gasteiger partial charge in [-0.1, -0.05) is 25.1 Å². The number of rotatable bonds is 2. The zero-order valence-electron chi connectivity index (χ0n) is 8.54. The van der Waals surface area contributed by atoms with E-state index in [9.17, 15) is 0 Å². The van der Waals surface area contributed by atoms with E-state index in [1.54, 1.807) is 0 Å². The van der Waals surface area contributed by atoms with Gasteiger partial charge >= 0.3 is 0 Å². The second kappa shape index (κ2) is 3.66. The molecule has 2 nitrogen and oxygen atoms in total. The van der Waals surface area contributed by atoms with Crippen LogP contribution in [0.15, 0.2) is 30.5 Å². The lowest BCUT2D eigenvalue weighted by molar-refractivity contribution is 1.15. The first-order valence-electron chi connectivity index (χ1n) is 4.90. The molecule has 0 saturated heterocycles. The molecule has 1 aromatic heterocycles. The van der Waals surface area contributed by atoms with Crippen LogP contribution < -0.4 is 5.32 Å². The number of fused-ring (bicyclic) bond motifs is 1. The van der Waals surface area contributed by atoms with Gasteiger partial charge in [0.1, 0.15) is 5.82 Å². The summed E-state index contributed by atoms with van der Waals surface area (Å²) in [5.41, 5.74) is 1.37. The van der Waals surface area contributed by atoms with Gasteiger partial charge < -0.3 is 5.32 Å². The van der Waals surface area contributed by atoms with Crippen molar-refractivity contribution < 1.29 is 0 Å². The summed E-state index contributed by atoms with van der Waals surface area (Å²) in [6.45, 7) is 2.17. The fraction of sp³-hybridized carbons (Fsp3) is 0.250. The molecule has 14 heavy (non-hydrogen) atoms. The fourth-order valence-corrected chi connectivity index (χ4v) is 1.55. The summed E-state index contributed by atoms with van der Waals surface area (Å²) in [5, 5.41) is 5.49. The molecular formula is C12H14N2. The molecule has 72 valence electrons. The van der Waals surface area contributed by atoms with Gasteiger partial charge in [0.2, 0.25) is 0 Å².